The van der Waals surface area contributed by atoms with E-state index in [1.807, 2.05) is 0 Å². The summed E-state index contributed by atoms with van der Waals surface area (Å²) in [4.78, 5) is 0. The molecule has 0 aromatic heterocycles. The molecular weight excluding hydrogens is 144 g/mol. The van der Waals surface area contributed by atoms with Crippen molar-refractivity contribution in [3.63, 3.8) is 0 Å². The van der Waals surface area contributed by atoms with Crippen LogP contribution in [0.15, 0.2) is 23.8 Å². The zero-order chi connectivity index (χ0) is 8.77. The molecule has 0 saturated heterocycles. The van der Waals surface area contributed by atoms with Crippen molar-refractivity contribution in [3.8, 4) is 0 Å². The van der Waals surface area contributed by atoms with Crippen molar-refractivity contribution >= 4 is 0 Å². The Hall–Kier alpha value is -0.520. The molecule has 0 heterocycles. The van der Waals surface area contributed by atoms with E-state index in [0.717, 1.165) is 5.92 Å². The molecule has 2 rings (SSSR count). The maximum Gasteiger partial charge on any atom is -0.0146 e. The molecule has 0 N–H and O–H groups in total. The number of hydrogen-bond acceptors (Lipinski definition) is 0. The Balaban J connectivity index is 2.17. The Bertz CT molecular complexity index is 247. The molecule has 0 aliphatic heterocycles. The lowest BCUT2D eigenvalue weighted by Crippen LogP contribution is -2.32. The van der Waals surface area contributed by atoms with Gasteiger partial charge in [0.2, 0.25) is 0 Å². The topological polar surface area (TPSA) is 0 Å². The number of fused-ring (bicyclic) bond motifs is 1. The second-order valence-corrected chi connectivity index (χ2v) is 4.81. The van der Waals surface area contributed by atoms with Crippen LogP contribution >= 0.6 is 0 Å². The van der Waals surface area contributed by atoms with Crippen molar-refractivity contribution < 1.29 is 0 Å². The largest absolute Gasteiger partial charge is 0.0961 e. The molecule has 12 heavy (non-hydrogen) atoms. The number of allylic oxidation sites excluding steroid dienone is 3. The van der Waals surface area contributed by atoms with E-state index in [2.05, 4.69) is 26.5 Å². The van der Waals surface area contributed by atoms with Gasteiger partial charge in [-0.25, -0.2) is 0 Å². The number of rotatable bonds is 1. The molecule has 2 fully saturated rings. The van der Waals surface area contributed by atoms with Gasteiger partial charge < -0.3 is 0 Å². The van der Waals surface area contributed by atoms with Crippen LogP contribution in [0.5, 0.6) is 0 Å². The Morgan fingerprint density at radius 1 is 1.58 bits per heavy atom. The van der Waals surface area contributed by atoms with E-state index in [9.17, 15) is 0 Å². The molecule has 66 valence electrons. The summed E-state index contributed by atoms with van der Waals surface area (Å²) in [6.07, 6.45) is 7.93. The first-order valence-electron chi connectivity index (χ1n) is 4.98. The van der Waals surface area contributed by atoms with Crippen LogP contribution in [0, 0.1) is 11.3 Å². The van der Waals surface area contributed by atoms with Gasteiger partial charge in [0, 0.05) is 0 Å². The maximum absolute atomic E-state index is 3.95. The highest BCUT2D eigenvalue weighted by Crippen LogP contribution is 2.59. The molecule has 2 unspecified atom stereocenters. The van der Waals surface area contributed by atoms with Crippen LogP contribution < -0.4 is 0 Å². The third kappa shape index (κ3) is 1.05. The van der Waals surface area contributed by atoms with Gasteiger partial charge in [0.25, 0.3) is 0 Å². The molecule has 0 bridgehead atoms. The highest BCUT2D eigenvalue weighted by molar-refractivity contribution is 5.28. The van der Waals surface area contributed by atoms with E-state index in [4.69, 9.17) is 0 Å². The fourth-order valence-corrected chi connectivity index (χ4v) is 2.81. The predicted molar refractivity (Wildman–Crippen MR) is 53.0 cm³/mol. The molecule has 0 aromatic rings. The summed E-state index contributed by atoms with van der Waals surface area (Å²) in [5, 5.41) is 0. The zero-order valence-electron chi connectivity index (χ0n) is 8.19. The van der Waals surface area contributed by atoms with Crippen molar-refractivity contribution in [1.82, 2.24) is 0 Å². The molecule has 2 aliphatic carbocycles. The second-order valence-electron chi connectivity index (χ2n) is 4.81. The second kappa shape index (κ2) is 2.48. The lowest BCUT2D eigenvalue weighted by atomic mass is 9.62. The molecule has 0 amide bonds. The monoisotopic (exact) mass is 162 g/mol. The van der Waals surface area contributed by atoms with Crippen LogP contribution in [0.4, 0.5) is 0 Å². The minimum atomic E-state index is 0.682. The molecule has 0 radical (unpaired) electrons. The van der Waals surface area contributed by atoms with Crippen LogP contribution in [0.3, 0.4) is 0 Å². The van der Waals surface area contributed by atoms with E-state index in [1.54, 1.807) is 5.57 Å². The SMILES string of the molecule is C=C(C)/C=C1\CCC2(C)CCC12. The molecule has 2 saturated carbocycles. The lowest BCUT2D eigenvalue weighted by molar-refractivity contribution is 0.108. The van der Waals surface area contributed by atoms with Gasteiger partial charge in [-0.1, -0.05) is 30.7 Å². The molecular formula is C12H18. The van der Waals surface area contributed by atoms with Crippen molar-refractivity contribution in [2.45, 2.75) is 39.5 Å². The van der Waals surface area contributed by atoms with Crippen molar-refractivity contribution in [3.05, 3.63) is 23.8 Å². The first-order chi connectivity index (χ1) is 5.62. The maximum atomic E-state index is 3.95. The molecule has 2 aliphatic rings. The van der Waals surface area contributed by atoms with Gasteiger partial charge in [-0.2, -0.15) is 0 Å². The summed E-state index contributed by atoms with van der Waals surface area (Å²) >= 11 is 0. The molecule has 0 spiro atoms. The van der Waals surface area contributed by atoms with Gasteiger partial charge >= 0.3 is 0 Å². The first-order valence-corrected chi connectivity index (χ1v) is 4.98. The quantitative estimate of drug-likeness (QED) is 0.551. The van der Waals surface area contributed by atoms with Crippen LogP contribution in [-0.4, -0.2) is 0 Å². The van der Waals surface area contributed by atoms with E-state index in [1.165, 1.54) is 31.3 Å². The fourth-order valence-electron chi connectivity index (χ4n) is 2.81. The Labute approximate surface area is 75.4 Å². The van der Waals surface area contributed by atoms with Crippen LogP contribution in [0.25, 0.3) is 0 Å². The van der Waals surface area contributed by atoms with Gasteiger partial charge in [-0.15, -0.1) is 0 Å². The van der Waals surface area contributed by atoms with Gasteiger partial charge in [-0.05, 0) is 43.9 Å². The molecule has 0 heteroatoms. The van der Waals surface area contributed by atoms with E-state index >= 15 is 0 Å². The molecule has 0 nitrogen and oxygen atoms in total. The summed E-state index contributed by atoms with van der Waals surface area (Å²) in [5.74, 6) is 0.911. The fraction of sp³-hybridized carbons (Fsp3) is 0.667. The summed E-state index contributed by atoms with van der Waals surface area (Å²) in [6, 6.07) is 0. The first kappa shape index (κ1) is 8.10. The van der Waals surface area contributed by atoms with Crippen molar-refractivity contribution in [2.24, 2.45) is 11.3 Å². The standard InChI is InChI=1S/C12H18/c1-9(2)8-10-4-6-12(3)7-5-11(10)12/h8,11H,1,4-7H2,2-3H3/b10-8+. The average molecular weight is 162 g/mol. The Morgan fingerprint density at radius 2 is 2.33 bits per heavy atom. The third-order valence-electron chi connectivity index (χ3n) is 3.71. The van der Waals surface area contributed by atoms with Crippen LogP contribution in [-0.2, 0) is 0 Å². The minimum absolute atomic E-state index is 0.682. The van der Waals surface area contributed by atoms with Crippen LogP contribution in [0.2, 0.25) is 0 Å². The zero-order valence-corrected chi connectivity index (χ0v) is 8.19. The van der Waals surface area contributed by atoms with Gasteiger partial charge in [0.05, 0.1) is 0 Å². The predicted octanol–water partition coefficient (Wildman–Crippen LogP) is 3.70. The smallest absolute Gasteiger partial charge is 0.0146 e. The number of hydrogen-bond donors (Lipinski definition) is 0. The highest BCUT2D eigenvalue weighted by atomic mass is 14.5. The van der Waals surface area contributed by atoms with Crippen molar-refractivity contribution in [2.75, 3.05) is 0 Å². The summed E-state index contributed by atoms with van der Waals surface area (Å²) in [7, 11) is 0. The minimum Gasteiger partial charge on any atom is -0.0961 e. The van der Waals surface area contributed by atoms with E-state index < -0.39 is 0 Å². The normalized spacial score (nSPS) is 42.5. The van der Waals surface area contributed by atoms with E-state index in [0.29, 0.717) is 5.41 Å². The van der Waals surface area contributed by atoms with Gasteiger partial charge in [0.1, 0.15) is 0 Å². The van der Waals surface area contributed by atoms with Gasteiger partial charge in [-0.3, -0.25) is 0 Å². The lowest BCUT2D eigenvalue weighted by Gasteiger charge is -2.42. The van der Waals surface area contributed by atoms with E-state index in [-0.39, 0.29) is 0 Å². The van der Waals surface area contributed by atoms with Crippen molar-refractivity contribution in [1.29, 1.82) is 0 Å². The van der Waals surface area contributed by atoms with Crippen LogP contribution in [0.1, 0.15) is 39.5 Å². The highest BCUT2D eigenvalue weighted by Gasteiger charge is 2.48. The third-order valence-corrected chi connectivity index (χ3v) is 3.71. The average Bonchev–Trinajstić information content (AvgIpc) is 2.12. The summed E-state index contributed by atoms with van der Waals surface area (Å²) in [5.41, 5.74) is 3.58. The summed E-state index contributed by atoms with van der Waals surface area (Å²) in [6.45, 7) is 8.49. The Morgan fingerprint density at radius 3 is 2.75 bits per heavy atom. The molecule has 2 atom stereocenters. The van der Waals surface area contributed by atoms with Gasteiger partial charge in [0.15, 0.2) is 0 Å². The Kier molecular flexibility index (Phi) is 1.67. The summed E-state index contributed by atoms with van der Waals surface area (Å²) < 4.78 is 0. The molecule has 0 aromatic carbocycles.